The maximum absolute atomic E-state index is 11.8. The van der Waals surface area contributed by atoms with Gasteiger partial charge in [0, 0.05) is 13.1 Å². The molecule has 0 aliphatic carbocycles. The topological polar surface area (TPSA) is 20.3 Å². The van der Waals surface area contributed by atoms with Crippen LogP contribution in [0.25, 0.3) is 0 Å². The van der Waals surface area contributed by atoms with Gasteiger partial charge in [-0.05, 0) is 31.4 Å². The van der Waals surface area contributed by atoms with Gasteiger partial charge in [0.2, 0.25) is 5.91 Å². The molecule has 0 aliphatic heterocycles. The first-order valence-corrected chi connectivity index (χ1v) is 6.21. The lowest BCUT2D eigenvalue weighted by molar-refractivity contribution is -0.125. The zero-order valence-corrected chi connectivity index (χ0v) is 10.9. The third-order valence-corrected chi connectivity index (χ3v) is 2.93. The number of likely N-dealkylation sites (N-methyl/N-ethyl adjacent to an activating group) is 1. The van der Waals surface area contributed by atoms with Crippen LogP contribution in [0.5, 0.6) is 0 Å². The molecule has 2 heteroatoms. The number of amides is 1. The molecule has 0 heterocycles. The fourth-order valence-corrected chi connectivity index (χ4v) is 1.74. The van der Waals surface area contributed by atoms with Crippen molar-refractivity contribution in [2.24, 2.45) is 0 Å². The van der Waals surface area contributed by atoms with E-state index in [1.165, 1.54) is 5.56 Å². The lowest BCUT2D eigenvalue weighted by Crippen LogP contribution is -2.28. The van der Waals surface area contributed by atoms with E-state index in [2.05, 4.69) is 19.1 Å². The summed E-state index contributed by atoms with van der Waals surface area (Å²) < 4.78 is 0. The Morgan fingerprint density at radius 2 is 1.82 bits per heavy atom. The van der Waals surface area contributed by atoms with Crippen LogP contribution < -0.4 is 0 Å². The zero-order chi connectivity index (χ0) is 12.7. The predicted molar refractivity (Wildman–Crippen MR) is 71.9 cm³/mol. The van der Waals surface area contributed by atoms with E-state index >= 15 is 0 Å². The highest BCUT2D eigenvalue weighted by atomic mass is 16.2. The molecule has 2 nitrogen and oxygen atoms in total. The smallest absolute Gasteiger partial charge is 0.246 e. The third kappa shape index (κ3) is 4.06. The minimum absolute atomic E-state index is 0.0952. The van der Waals surface area contributed by atoms with Gasteiger partial charge in [0.1, 0.15) is 0 Å². The number of hydrogen-bond donors (Lipinski definition) is 0. The molecule has 92 valence electrons. The molecule has 0 N–H and O–H groups in total. The van der Waals surface area contributed by atoms with E-state index in [1.54, 1.807) is 6.08 Å². The lowest BCUT2D eigenvalue weighted by atomic mass is 10.0. The van der Waals surface area contributed by atoms with Crippen LogP contribution >= 0.6 is 0 Å². The molecule has 0 unspecified atom stereocenters. The number of rotatable bonds is 5. The van der Waals surface area contributed by atoms with Crippen molar-refractivity contribution in [3.63, 3.8) is 0 Å². The summed E-state index contributed by atoms with van der Waals surface area (Å²) in [5.41, 5.74) is 1.23. The Morgan fingerprint density at radius 1 is 1.24 bits per heavy atom. The molecule has 0 saturated heterocycles. The van der Waals surface area contributed by atoms with Crippen molar-refractivity contribution < 1.29 is 4.79 Å². The van der Waals surface area contributed by atoms with E-state index in [0.717, 1.165) is 13.1 Å². The average Bonchev–Trinajstić information content (AvgIpc) is 2.38. The maximum atomic E-state index is 11.8. The number of nitrogens with zero attached hydrogens (tertiary/aromatic N) is 1. The van der Waals surface area contributed by atoms with Gasteiger partial charge in [-0.2, -0.15) is 0 Å². The van der Waals surface area contributed by atoms with Crippen LogP contribution in [0.1, 0.15) is 32.3 Å². The summed E-state index contributed by atoms with van der Waals surface area (Å²) in [6, 6.07) is 10.2. The molecule has 0 fully saturated rings. The van der Waals surface area contributed by atoms with Gasteiger partial charge in [0.25, 0.3) is 0 Å². The molecule has 0 saturated carbocycles. The summed E-state index contributed by atoms with van der Waals surface area (Å²) in [7, 11) is 0. The molecule has 0 aliphatic rings. The van der Waals surface area contributed by atoms with E-state index in [1.807, 2.05) is 43.0 Å². The second-order valence-corrected chi connectivity index (χ2v) is 4.07. The average molecular weight is 231 g/mol. The van der Waals surface area contributed by atoms with Crippen LogP contribution in [0.3, 0.4) is 0 Å². The van der Waals surface area contributed by atoms with Gasteiger partial charge in [0.05, 0.1) is 0 Å². The van der Waals surface area contributed by atoms with Crippen molar-refractivity contribution >= 4 is 5.91 Å². The van der Waals surface area contributed by atoms with Gasteiger partial charge in [-0.3, -0.25) is 4.79 Å². The van der Waals surface area contributed by atoms with E-state index in [-0.39, 0.29) is 11.8 Å². The number of allylic oxidation sites excluding steroid dienone is 1. The minimum atomic E-state index is 0.0952. The van der Waals surface area contributed by atoms with Gasteiger partial charge in [-0.25, -0.2) is 0 Å². The first-order chi connectivity index (χ1) is 8.19. The van der Waals surface area contributed by atoms with Gasteiger partial charge in [-0.15, -0.1) is 0 Å². The van der Waals surface area contributed by atoms with E-state index in [0.29, 0.717) is 0 Å². The molecule has 1 atom stereocenters. The van der Waals surface area contributed by atoms with Crippen molar-refractivity contribution in [3.05, 3.63) is 48.0 Å². The van der Waals surface area contributed by atoms with Crippen molar-refractivity contribution in [1.29, 1.82) is 0 Å². The Kier molecular flexibility index (Phi) is 5.47. The van der Waals surface area contributed by atoms with Gasteiger partial charge in [-0.1, -0.05) is 43.3 Å². The number of benzene rings is 1. The van der Waals surface area contributed by atoms with Gasteiger partial charge in [0.15, 0.2) is 0 Å². The molecule has 0 aromatic heterocycles. The lowest BCUT2D eigenvalue weighted by Gasteiger charge is -2.16. The quantitative estimate of drug-likeness (QED) is 0.712. The molecular weight excluding hydrogens is 210 g/mol. The van der Waals surface area contributed by atoms with Crippen molar-refractivity contribution in [2.75, 3.05) is 13.1 Å². The summed E-state index contributed by atoms with van der Waals surface area (Å²) in [5.74, 6) is 0.369. The zero-order valence-electron chi connectivity index (χ0n) is 10.9. The molecule has 1 amide bonds. The monoisotopic (exact) mass is 231 g/mol. The van der Waals surface area contributed by atoms with Crippen molar-refractivity contribution in [2.45, 2.75) is 26.7 Å². The molecule has 1 rings (SSSR count). The number of carbonyl (C=O) groups is 1. The maximum Gasteiger partial charge on any atom is 0.246 e. The van der Waals surface area contributed by atoms with Crippen molar-refractivity contribution in [3.8, 4) is 0 Å². The van der Waals surface area contributed by atoms with Crippen LogP contribution in [-0.2, 0) is 4.79 Å². The molecule has 17 heavy (non-hydrogen) atoms. The molecule has 0 spiro atoms. The molecule has 1 aromatic carbocycles. The largest absolute Gasteiger partial charge is 0.340 e. The first-order valence-electron chi connectivity index (χ1n) is 6.21. The highest BCUT2D eigenvalue weighted by Crippen LogP contribution is 2.15. The van der Waals surface area contributed by atoms with Gasteiger partial charge < -0.3 is 4.90 Å². The van der Waals surface area contributed by atoms with Crippen LogP contribution in [-0.4, -0.2) is 23.9 Å². The fourth-order valence-electron chi connectivity index (χ4n) is 1.74. The normalized spacial score (nSPS) is 12.6. The standard InChI is InChI=1S/C15H21NO/c1-4-16(5-2)15(17)12-11-13(3)14-9-7-6-8-10-14/h6-13H,4-5H2,1-3H3/b12-11+/t13-/m0/s1. The van der Waals surface area contributed by atoms with Crippen LogP contribution in [0.15, 0.2) is 42.5 Å². The summed E-state index contributed by atoms with van der Waals surface area (Å²) >= 11 is 0. The van der Waals surface area contributed by atoms with Crippen LogP contribution in [0.2, 0.25) is 0 Å². The second kappa shape index (κ2) is 6.89. The number of hydrogen-bond acceptors (Lipinski definition) is 1. The Hall–Kier alpha value is -1.57. The number of carbonyl (C=O) groups excluding carboxylic acids is 1. The van der Waals surface area contributed by atoms with Crippen molar-refractivity contribution in [1.82, 2.24) is 4.90 Å². The molecule has 0 bridgehead atoms. The Bertz CT molecular complexity index is 366. The van der Waals surface area contributed by atoms with Crippen LogP contribution in [0, 0.1) is 0 Å². The second-order valence-electron chi connectivity index (χ2n) is 4.07. The third-order valence-electron chi connectivity index (χ3n) is 2.93. The SMILES string of the molecule is CCN(CC)C(=O)/C=C/[C@H](C)c1ccccc1. The highest BCUT2D eigenvalue weighted by Gasteiger charge is 2.06. The summed E-state index contributed by atoms with van der Waals surface area (Å²) in [4.78, 5) is 13.6. The predicted octanol–water partition coefficient (Wildman–Crippen LogP) is 3.21. The van der Waals surface area contributed by atoms with Gasteiger partial charge >= 0.3 is 0 Å². The van der Waals surface area contributed by atoms with Crippen LogP contribution in [0.4, 0.5) is 0 Å². The minimum Gasteiger partial charge on any atom is -0.340 e. The molecule has 0 radical (unpaired) electrons. The van der Waals surface area contributed by atoms with E-state index in [4.69, 9.17) is 0 Å². The Balaban J connectivity index is 2.62. The molecular formula is C15H21NO. The Morgan fingerprint density at radius 3 is 2.35 bits per heavy atom. The highest BCUT2D eigenvalue weighted by molar-refractivity contribution is 5.87. The fraction of sp³-hybridized carbons (Fsp3) is 0.400. The first kappa shape index (κ1) is 13.5. The summed E-state index contributed by atoms with van der Waals surface area (Å²) in [5, 5.41) is 0. The molecule has 1 aromatic rings. The van der Waals surface area contributed by atoms with E-state index in [9.17, 15) is 4.79 Å². The summed E-state index contributed by atoms with van der Waals surface area (Å²) in [6.07, 6.45) is 3.65. The van der Waals surface area contributed by atoms with E-state index < -0.39 is 0 Å². The summed E-state index contributed by atoms with van der Waals surface area (Å²) in [6.45, 7) is 7.62. The Labute approximate surface area is 104 Å².